The molecule has 1 aliphatic heterocycles. The van der Waals surface area contributed by atoms with Crippen LogP contribution >= 0.6 is 11.8 Å². The lowest BCUT2D eigenvalue weighted by atomic mass is 10.1. The van der Waals surface area contributed by atoms with Gasteiger partial charge in [0.1, 0.15) is 0 Å². The summed E-state index contributed by atoms with van der Waals surface area (Å²) >= 11 is 1.95. The van der Waals surface area contributed by atoms with Crippen LogP contribution in [-0.4, -0.2) is 47.4 Å². The number of nitrogens with zero attached hydrogens (tertiary/aromatic N) is 2. The third kappa shape index (κ3) is 4.16. The number of hydrogen-bond donors (Lipinski definition) is 2. The van der Waals surface area contributed by atoms with Crippen molar-refractivity contribution in [2.24, 2.45) is 10.7 Å². The topological polar surface area (TPSA) is 70.7 Å². The molecule has 1 aromatic carbocycles. The van der Waals surface area contributed by atoms with Gasteiger partial charge in [-0.1, -0.05) is 12.1 Å². The standard InChI is InChI=1S/C16H22N4OS/c17-16(20-6-8-22-9-7-20)18-11-12-2-1-3-13(10-12)15(21)19-14-4-5-14/h1-3,10,14H,4-9,11H2,(H2,17,18)(H,19,21). The highest BCUT2D eigenvalue weighted by molar-refractivity contribution is 7.99. The Morgan fingerprint density at radius 3 is 2.86 bits per heavy atom. The van der Waals surface area contributed by atoms with Crippen molar-refractivity contribution in [2.45, 2.75) is 25.4 Å². The lowest BCUT2D eigenvalue weighted by molar-refractivity contribution is 0.0951. The smallest absolute Gasteiger partial charge is 0.251 e. The quantitative estimate of drug-likeness (QED) is 0.651. The molecule has 0 atom stereocenters. The van der Waals surface area contributed by atoms with Gasteiger partial charge in [0.05, 0.1) is 6.54 Å². The first kappa shape index (κ1) is 15.2. The summed E-state index contributed by atoms with van der Waals surface area (Å²) in [5, 5.41) is 3.00. The lowest BCUT2D eigenvalue weighted by Crippen LogP contribution is -2.42. The van der Waals surface area contributed by atoms with Crippen LogP contribution in [-0.2, 0) is 6.54 Å². The predicted molar refractivity (Wildman–Crippen MR) is 91.2 cm³/mol. The van der Waals surface area contributed by atoms with Crippen molar-refractivity contribution >= 4 is 23.6 Å². The number of amides is 1. The Balaban J connectivity index is 1.60. The molecule has 1 heterocycles. The minimum atomic E-state index is 0.00866. The van der Waals surface area contributed by atoms with Crippen LogP contribution in [0.2, 0.25) is 0 Å². The summed E-state index contributed by atoms with van der Waals surface area (Å²) in [6.45, 7) is 2.44. The molecular formula is C16H22N4OS. The minimum Gasteiger partial charge on any atom is -0.370 e. The maximum Gasteiger partial charge on any atom is 0.251 e. The number of nitrogens with one attached hydrogen (secondary N) is 1. The van der Waals surface area contributed by atoms with E-state index in [0.717, 1.165) is 43.0 Å². The highest BCUT2D eigenvalue weighted by atomic mass is 32.2. The van der Waals surface area contributed by atoms with E-state index in [0.29, 0.717) is 24.1 Å². The summed E-state index contributed by atoms with van der Waals surface area (Å²) in [4.78, 5) is 18.6. The number of guanidine groups is 1. The average molecular weight is 318 g/mol. The summed E-state index contributed by atoms with van der Waals surface area (Å²) in [5.41, 5.74) is 7.77. The summed E-state index contributed by atoms with van der Waals surface area (Å²) in [5.74, 6) is 2.82. The highest BCUT2D eigenvalue weighted by Crippen LogP contribution is 2.19. The fourth-order valence-corrected chi connectivity index (χ4v) is 3.28. The van der Waals surface area contributed by atoms with Crippen molar-refractivity contribution in [3.63, 3.8) is 0 Å². The zero-order valence-corrected chi connectivity index (χ0v) is 13.4. The zero-order valence-electron chi connectivity index (χ0n) is 12.6. The summed E-state index contributed by atoms with van der Waals surface area (Å²) in [6.07, 6.45) is 2.20. The van der Waals surface area contributed by atoms with Gasteiger partial charge in [-0.05, 0) is 30.5 Å². The normalized spacial score (nSPS) is 19.1. The number of thioether (sulfide) groups is 1. The van der Waals surface area contributed by atoms with Crippen molar-refractivity contribution in [3.8, 4) is 0 Å². The molecule has 6 heteroatoms. The molecule has 0 aromatic heterocycles. The number of aliphatic imine (C=N–C) groups is 1. The molecule has 1 aliphatic carbocycles. The summed E-state index contributed by atoms with van der Waals surface area (Å²) in [7, 11) is 0. The maximum absolute atomic E-state index is 12.1. The van der Waals surface area contributed by atoms with Gasteiger partial charge in [-0.3, -0.25) is 4.79 Å². The Bertz CT molecular complexity index is 565. The van der Waals surface area contributed by atoms with E-state index < -0.39 is 0 Å². The summed E-state index contributed by atoms with van der Waals surface area (Å²) in [6, 6.07) is 8.01. The Kier molecular flexibility index (Phi) is 4.87. The second kappa shape index (κ2) is 7.05. The van der Waals surface area contributed by atoms with Crippen LogP contribution in [0.4, 0.5) is 0 Å². The molecule has 118 valence electrons. The molecule has 1 aromatic rings. The molecular weight excluding hydrogens is 296 g/mol. The first-order chi connectivity index (χ1) is 10.7. The van der Waals surface area contributed by atoms with Gasteiger partial charge in [0.2, 0.25) is 0 Å². The molecule has 2 fully saturated rings. The second-order valence-corrected chi connectivity index (χ2v) is 6.95. The molecule has 2 aliphatic rings. The molecule has 1 amide bonds. The van der Waals surface area contributed by atoms with Crippen molar-refractivity contribution in [1.29, 1.82) is 0 Å². The molecule has 1 saturated heterocycles. The average Bonchev–Trinajstić information content (AvgIpc) is 3.37. The molecule has 1 saturated carbocycles. The molecule has 3 rings (SSSR count). The fourth-order valence-electron chi connectivity index (χ4n) is 2.37. The third-order valence-electron chi connectivity index (χ3n) is 3.86. The number of benzene rings is 1. The highest BCUT2D eigenvalue weighted by Gasteiger charge is 2.23. The van der Waals surface area contributed by atoms with E-state index in [2.05, 4.69) is 15.2 Å². The van der Waals surface area contributed by atoms with Gasteiger partial charge in [-0.15, -0.1) is 0 Å². The van der Waals surface area contributed by atoms with Gasteiger partial charge >= 0.3 is 0 Å². The number of carbonyl (C=O) groups excluding carboxylic acids is 1. The van der Waals surface area contributed by atoms with Crippen LogP contribution < -0.4 is 11.1 Å². The Morgan fingerprint density at radius 1 is 1.36 bits per heavy atom. The first-order valence-corrected chi connectivity index (χ1v) is 8.90. The summed E-state index contributed by atoms with van der Waals surface area (Å²) < 4.78 is 0. The number of carbonyl (C=O) groups is 1. The van der Waals surface area contributed by atoms with E-state index in [1.807, 2.05) is 36.0 Å². The third-order valence-corrected chi connectivity index (χ3v) is 4.80. The zero-order chi connectivity index (χ0) is 15.4. The Labute approximate surface area is 135 Å². The van der Waals surface area contributed by atoms with E-state index in [-0.39, 0.29) is 5.91 Å². The van der Waals surface area contributed by atoms with E-state index in [1.165, 1.54) is 0 Å². The molecule has 0 unspecified atom stereocenters. The first-order valence-electron chi connectivity index (χ1n) is 7.75. The minimum absolute atomic E-state index is 0.00866. The van der Waals surface area contributed by atoms with Gasteiger partial charge < -0.3 is 16.0 Å². The van der Waals surface area contributed by atoms with Crippen LogP contribution in [0.1, 0.15) is 28.8 Å². The van der Waals surface area contributed by atoms with E-state index >= 15 is 0 Å². The fraction of sp³-hybridized carbons (Fsp3) is 0.500. The second-order valence-electron chi connectivity index (χ2n) is 5.72. The largest absolute Gasteiger partial charge is 0.370 e. The van der Waals surface area contributed by atoms with Gasteiger partial charge in [0.25, 0.3) is 5.91 Å². The van der Waals surface area contributed by atoms with Crippen LogP contribution in [0.5, 0.6) is 0 Å². The monoisotopic (exact) mass is 318 g/mol. The Hall–Kier alpha value is -1.69. The van der Waals surface area contributed by atoms with Crippen molar-refractivity contribution in [3.05, 3.63) is 35.4 Å². The van der Waals surface area contributed by atoms with E-state index in [1.54, 1.807) is 0 Å². The lowest BCUT2D eigenvalue weighted by Gasteiger charge is -2.27. The van der Waals surface area contributed by atoms with Gasteiger partial charge in [0.15, 0.2) is 5.96 Å². The number of hydrogen-bond acceptors (Lipinski definition) is 3. The molecule has 0 radical (unpaired) electrons. The molecule has 0 bridgehead atoms. The Morgan fingerprint density at radius 2 is 2.14 bits per heavy atom. The van der Waals surface area contributed by atoms with Gasteiger partial charge in [-0.25, -0.2) is 4.99 Å². The molecule has 0 spiro atoms. The van der Waals surface area contributed by atoms with Crippen LogP contribution in [0, 0.1) is 0 Å². The number of nitrogens with two attached hydrogens (primary N) is 1. The van der Waals surface area contributed by atoms with Crippen molar-refractivity contribution < 1.29 is 4.79 Å². The van der Waals surface area contributed by atoms with Crippen molar-refractivity contribution in [2.75, 3.05) is 24.6 Å². The molecule has 22 heavy (non-hydrogen) atoms. The number of rotatable bonds is 4. The van der Waals surface area contributed by atoms with E-state index in [9.17, 15) is 4.79 Å². The van der Waals surface area contributed by atoms with Gasteiger partial charge in [-0.2, -0.15) is 11.8 Å². The molecule has 5 nitrogen and oxygen atoms in total. The SMILES string of the molecule is NC(=NCc1cccc(C(=O)NC2CC2)c1)N1CCSCC1. The molecule has 3 N–H and O–H groups in total. The van der Waals surface area contributed by atoms with Crippen LogP contribution in [0.25, 0.3) is 0 Å². The van der Waals surface area contributed by atoms with Crippen LogP contribution in [0.3, 0.4) is 0 Å². The van der Waals surface area contributed by atoms with Crippen molar-refractivity contribution in [1.82, 2.24) is 10.2 Å². The maximum atomic E-state index is 12.1. The predicted octanol–water partition coefficient (Wildman–Crippen LogP) is 1.44. The van der Waals surface area contributed by atoms with E-state index in [4.69, 9.17) is 5.73 Å². The van der Waals surface area contributed by atoms with Crippen LogP contribution in [0.15, 0.2) is 29.3 Å². The van der Waals surface area contributed by atoms with Gasteiger partial charge in [0, 0.05) is 36.2 Å².